The number of carbonyl (C=O) groups excluding carboxylic acids is 2. The molecule has 2 N–H and O–H groups in total. The minimum atomic E-state index is -0.574. The van der Waals surface area contributed by atoms with Crippen molar-refractivity contribution in [2.24, 2.45) is 0 Å². The number of halogens is 1. The van der Waals surface area contributed by atoms with Crippen molar-refractivity contribution in [1.29, 1.82) is 0 Å². The van der Waals surface area contributed by atoms with Gasteiger partial charge in [-0.1, -0.05) is 28.6 Å². The molecule has 0 atom stereocenters. The van der Waals surface area contributed by atoms with Crippen molar-refractivity contribution in [1.82, 2.24) is 5.32 Å². The van der Waals surface area contributed by atoms with E-state index in [1.165, 1.54) is 0 Å². The van der Waals surface area contributed by atoms with Crippen molar-refractivity contribution in [2.45, 2.75) is 26.4 Å². The van der Waals surface area contributed by atoms with Crippen LogP contribution in [0, 0.1) is 0 Å². The molecular weight excluding hydrogens is 336 g/mol. The lowest BCUT2D eigenvalue weighted by Gasteiger charge is -2.19. The van der Waals surface area contributed by atoms with E-state index in [1.807, 2.05) is 0 Å². The SMILES string of the molecule is C=C(Br)CNC(=O)c1cccc(NC(=O)OC(C)(C)C)c1. The molecule has 0 aliphatic carbocycles. The van der Waals surface area contributed by atoms with E-state index in [1.54, 1.807) is 45.0 Å². The Labute approximate surface area is 132 Å². The quantitative estimate of drug-likeness (QED) is 0.866. The fourth-order valence-corrected chi connectivity index (χ4v) is 1.58. The number of benzene rings is 1. The van der Waals surface area contributed by atoms with Gasteiger partial charge in [0.25, 0.3) is 5.91 Å². The summed E-state index contributed by atoms with van der Waals surface area (Å²) in [6, 6.07) is 6.61. The van der Waals surface area contributed by atoms with Gasteiger partial charge in [-0.05, 0) is 39.0 Å². The molecular formula is C15H19BrN2O3. The number of amides is 2. The van der Waals surface area contributed by atoms with E-state index in [-0.39, 0.29) is 5.91 Å². The Morgan fingerprint density at radius 1 is 1.33 bits per heavy atom. The van der Waals surface area contributed by atoms with Gasteiger partial charge in [0.15, 0.2) is 0 Å². The van der Waals surface area contributed by atoms with E-state index in [0.29, 0.717) is 22.3 Å². The molecule has 0 saturated carbocycles. The summed E-state index contributed by atoms with van der Waals surface area (Å²) in [5, 5.41) is 5.28. The van der Waals surface area contributed by atoms with Crippen molar-refractivity contribution in [3.63, 3.8) is 0 Å². The van der Waals surface area contributed by atoms with E-state index in [4.69, 9.17) is 4.74 Å². The first-order valence-corrected chi connectivity index (χ1v) is 7.18. The Bertz CT molecular complexity index is 550. The van der Waals surface area contributed by atoms with Crippen LogP contribution in [0.15, 0.2) is 35.3 Å². The van der Waals surface area contributed by atoms with Crippen molar-refractivity contribution in [3.05, 3.63) is 40.9 Å². The Morgan fingerprint density at radius 3 is 2.57 bits per heavy atom. The summed E-state index contributed by atoms with van der Waals surface area (Å²) >= 11 is 3.17. The van der Waals surface area contributed by atoms with Crippen molar-refractivity contribution >= 4 is 33.6 Å². The largest absolute Gasteiger partial charge is 0.444 e. The Balaban J connectivity index is 2.70. The summed E-state index contributed by atoms with van der Waals surface area (Å²) in [6.45, 7) is 9.32. The summed E-state index contributed by atoms with van der Waals surface area (Å²) in [5.74, 6) is -0.247. The van der Waals surface area contributed by atoms with Gasteiger partial charge in [0, 0.05) is 22.3 Å². The second kappa shape index (κ2) is 7.26. The standard InChI is InChI=1S/C15H19BrN2O3/c1-10(16)9-17-13(19)11-6-5-7-12(8-11)18-14(20)21-15(2,3)4/h5-8H,1,9H2,2-4H3,(H,17,19)(H,18,20). The predicted octanol–water partition coefficient (Wildman–Crippen LogP) is 3.67. The van der Waals surface area contributed by atoms with Crippen LogP contribution in [0.1, 0.15) is 31.1 Å². The summed E-state index contributed by atoms with van der Waals surface area (Å²) in [5.41, 5.74) is 0.363. The molecule has 114 valence electrons. The summed E-state index contributed by atoms with van der Waals surface area (Å²) < 4.78 is 5.83. The van der Waals surface area contributed by atoms with Gasteiger partial charge in [0.2, 0.25) is 0 Å². The maximum absolute atomic E-state index is 11.9. The van der Waals surface area contributed by atoms with Crippen LogP contribution in [0.4, 0.5) is 10.5 Å². The van der Waals surface area contributed by atoms with E-state index in [9.17, 15) is 9.59 Å². The Kier molecular flexibility index (Phi) is 5.96. The average molecular weight is 355 g/mol. The molecule has 0 aliphatic rings. The summed E-state index contributed by atoms with van der Waals surface area (Å²) in [6.07, 6.45) is -0.561. The van der Waals surface area contributed by atoms with Gasteiger partial charge in [0.1, 0.15) is 5.60 Å². The lowest BCUT2D eigenvalue weighted by molar-refractivity contribution is 0.0635. The van der Waals surface area contributed by atoms with Crippen LogP contribution in [0.25, 0.3) is 0 Å². The molecule has 5 nitrogen and oxygen atoms in total. The second-order valence-electron chi connectivity index (χ2n) is 5.41. The van der Waals surface area contributed by atoms with Crippen LogP contribution in [0.2, 0.25) is 0 Å². The third kappa shape index (κ3) is 6.94. The molecule has 1 aromatic carbocycles. The maximum Gasteiger partial charge on any atom is 0.412 e. The van der Waals surface area contributed by atoms with Gasteiger partial charge in [0.05, 0.1) is 0 Å². The third-order valence-electron chi connectivity index (χ3n) is 2.21. The molecule has 0 heterocycles. The highest BCUT2D eigenvalue weighted by Crippen LogP contribution is 2.14. The number of hydrogen-bond donors (Lipinski definition) is 2. The highest BCUT2D eigenvalue weighted by atomic mass is 79.9. The predicted molar refractivity (Wildman–Crippen MR) is 86.7 cm³/mol. The topological polar surface area (TPSA) is 67.4 Å². The molecule has 21 heavy (non-hydrogen) atoms. The highest BCUT2D eigenvalue weighted by molar-refractivity contribution is 9.11. The smallest absolute Gasteiger partial charge is 0.412 e. The first kappa shape index (κ1) is 17.2. The number of hydrogen-bond acceptors (Lipinski definition) is 3. The lowest BCUT2D eigenvalue weighted by Crippen LogP contribution is -2.27. The van der Waals surface area contributed by atoms with E-state index in [2.05, 4.69) is 33.1 Å². The lowest BCUT2D eigenvalue weighted by atomic mass is 10.2. The van der Waals surface area contributed by atoms with Gasteiger partial charge in [-0.15, -0.1) is 0 Å². The van der Waals surface area contributed by atoms with Crippen LogP contribution in [-0.2, 0) is 4.74 Å². The zero-order chi connectivity index (χ0) is 16.0. The fraction of sp³-hybridized carbons (Fsp3) is 0.333. The van der Waals surface area contributed by atoms with Crippen molar-refractivity contribution in [2.75, 3.05) is 11.9 Å². The van der Waals surface area contributed by atoms with Gasteiger partial charge in [-0.25, -0.2) is 4.79 Å². The molecule has 0 unspecified atom stereocenters. The number of anilines is 1. The molecule has 1 rings (SSSR count). The average Bonchev–Trinajstić information content (AvgIpc) is 2.33. The van der Waals surface area contributed by atoms with Crippen LogP contribution < -0.4 is 10.6 Å². The molecule has 0 aliphatic heterocycles. The third-order valence-corrected chi connectivity index (χ3v) is 2.49. The molecule has 0 aromatic heterocycles. The zero-order valence-corrected chi connectivity index (χ0v) is 13.9. The monoisotopic (exact) mass is 354 g/mol. The van der Waals surface area contributed by atoms with E-state index < -0.39 is 11.7 Å². The maximum atomic E-state index is 11.9. The molecule has 0 radical (unpaired) electrons. The molecule has 0 fully saturated rings. The van der Waals surface area contributed by atoms with Crippen LogP contribution >= 0.6 is 15.9 Å². The van der Waals surface area contributed by atoms with Gasteiger partial charge < -0.3 is 10.1 Å². The van der Waals surface area contributed by atoms with E-state index >= 15 is 0 Å². The first-order chi connectivity index (χ1) is 9.67. The van der Waals surface area contributed by atoms with Gasteiger partial charge >= 0.3 is 6.09 Å². The fourth-order valence-electron chi connectivity index (χ4n) is 1.44. The summed E-state index contributed by atoms with van der Waals surface area (Å²) in [4.78, 5) is 23.6. The van der Waals surface area contributed by atoms with Crippen LogP contribution in [-0.4, -0.2) is 24.1 Å². The minimum Gasteiger partial charge on any atom is -0.444 e. The van der Waals surface area contributed by atoms with E-state index in [0.717, 1.165) is 0 Å². The first-order valence-electron chi connectivity index (χ1n) is 6.39. The molecule has 0 saturated heterocycles. The van der Waals surface area contributed by atoms with Gasteiger partial charge in [-0.3, -0.25) is 10.1 Å². The number of rotatable bonds is 4. The van der Waals surface area contributed by atoms with Crippen molar-refractivity contribution < 1.29 is 14.3 Å². The molecule has 6 heteroatoms. The molecule has 1 aromatic rings. The number of nitrogens with one attached hydrogen (secondary N) is 2. The zero-order valence-electron chi connectivity index (χ0n) is 12.3. The highest BCUT2D eigenvalue weighted by Gasteiger charge is 2.16. The Morgan fingerprint density at radius 2 is 2.00 bits per heavy atom. The minimum absolute atomic E-state index is 0.247. The summed E-state index contributed by atoms with van der Waals surface area (Å²) in [7, 11) is 0. The number of ether oxygens (including phenoxy) is 1. The van der Waals surface area contributed by atoms with Gasteiger partial charge in [-0.2, -0.15) is 0 Å². The molecule has 0 spiro atoms. The number of carbonyl (C=O) groups is 2. The van der Waals surface area contributed by atoms with Crippen LogP contribution in [0.5, 0.6) is 0 Å². The Hall–Kier alpha value is -1.82. The molecule has 2 amide bonds. The van der Waals surface area contributed by atoms with Crippen LogP contribution in [0.3, 0.4) is 0 Å². The second-order valence-corrected chi connectivity index (χ2v) is 6.53. The molecule has 0 bridgehead atoms. The normalized spacial score (nSPS) is 10.7. The van der Waals surface area contributed by atoms with Crippen molar-refractivity contribution in [3.8, 4) is 0 Å².